The number of rotatable bonds is 5. The summed E-state index contributed by atoms with van der Waals surface area (Å²) in [6.45, 7) is 18.0. The van der Waals surface area contributed by atoms with Crippen LogP contribution in [0.15, 0.2) is 42.5 Å². The van der Waals surface area contributed by atoms with Crippen molar-refractivity contribution in [2.24, 2.45) is 0 Å². The molecule has 0 aliphatic heterocycles. The maximum Gasteiger partial charge on any atom is 0.0793 e. The standard InChI is InChI=1S/C19H32Si3/c1-20(2,3)15-22(7,16-21(4,5)6)19-14-10-12-17-11-8-9-13-18(17)19/h8-14H,15-16H2,1-7H3. The van der Waals surface area contributed by atoms with E-state index in [9.17, 15) is 0 Å². The molecule has 0 spiro atoms. The topological polar surface area (TPSA) is 0 Å². The lowest BCUT2D eigenvalue weighted by Crippen LogP contribution is -2.54. The Bertz CT molecular complexity index is 626. The minimum absolute atomic E-state index is 1.08. The highest BCUT2D eigenvalue weighted by Gasteiger charge is 2.39. The van der Waals surface area contributed by atoms with Crippen molar-refractivity contribution < 1.29 is 0 Å². The van der Waals surface area contributed by atoms with Crippen molar-refractivity contribution in [3.05, 3.63) is 42.5 Å². The molecule has 2 aromatic rings. The van der Waals surface area contributed by atoms with Gasteiger partial charge in [0, 0.05) is 16.1 Å². The van der Waals surface area contributed by atoms with Crippen LogP contribution < -0.4 is 5.19 Å². The van der Waals surface area contributed by atoms with Gasteiger partial charge < -0.3 is 0 Å². The summed E-state index contributed by atoms with van der Waals surface area (Å²) in [4.78, 5) is 0. The van der Waals surface area contributed by atoms with Gasteiger partial charge in [-0.05, 0) is 10.8 Å². The lowest BCUT2D eigenvalue weighted by atomic mass is 10.1. The molecule has 0 saturated carbocycles. The van der Waals surface area contributed by atoms with E-state index in [2.05, 4.69) is 88.3 Å². The number of fused-ring (bicyclic) bond motifs is 1. The van der Waals surface area contributed by atoms with E-state index in [4.69, 9.17) is 0 Å². The van der Waals surface area contributed by atoms with Gasteiger partial charge in [-0.1, -0.05) is 105 Å². The Labute approximate surface area is 140 Å². The minimum atomic E-state index is -1.44. The number of benzene rings is 2. The van der Waals surface area contributed by atoms with Crippen LogP contribution in [0.1, 0.15) is 0 Å². The first-order chi connectivity index (χ1) is 10.0. The molecule has 0 N–H and O–H groups in total. The molecule has 0 amide bonds. The fourth-order valence-electron chi connectivity index (χ4n) is 4.35. The normalized spacial score (nSPS) is 13.6. The van der Waals surface area contributed by atoms with Crippen LogP contribution >= 0.6 is 0 Å². The van der Waals surface area contributed by atoms with Gasteiger partial charge in [0.15, 0.2) is 0 Å². The second-order valence-electron chi connectivity index (χ2n) is 9.56. The molecule has 0 saturated heterocycles. The van der Waals surface area contributed by atoms with Crippen LogP contribution in [0.5, 0.6) is 0 Å². The van der Waals surface area contributed by atoms with E-state index in [1.54, 1.807) is 5.19 Å². The molecule has 0 nitrogen and oxygen atoms in total. The lowest BCUT2D eigenvalue weighted by Gasteiger charge is -2.38. The van der Waals surface area contributed by atoms with E-state index in [0.717, 1.165) is 0 Å². The quantitative estimate of drug-likeness (QED) is 0.594. The molecule has 0 atom stereocenters. The highest BCUT2D eigenvalue weighted by molar-refractivity contribution is 7.09. The zero-order valence-electron chi connectivity index (χ0n) is 15.5. The van der Waals surface area contributed by atoms with E-state index in [0.29, 0.717) is 0 Å². The Morgan fingerprint density at radius 2 is 1.14 bits per heavy atom. The van der Waals surface area contributed by atoms with E-state index in [1.165, 1.54) is 22.1 Å². The summed E-state index contributed by atoms with van der Waals surface area (Å²) in [6.07, 6.45) is 0. The van der Waals surface area contributed by atoms with Crippen molar-refractivity contribution in [3.63, 3.8) is 0 Å². The molecule has 22 heavy (non-hydrogen) atoms. The summed E-state index contributed by atoms with van der Waals surface area (Å²) in [5, 5.41) is 4.66. The van der Waals surface area contributed by atoms with Crippen LogP contribution in [0.3, 0.4) is 0 Å². The van der Waals surface area contributed by atoms with Gasteiger partial charge in [0.2, 0.25) is 0 Å². The monoisotopic (exact) mass is 344 g/mol. The zero-order chi connectivity index (χ0) is 16.6. The van der Waals surface area contributed by atoms with E-state index in [1.807, 2.05) is 0 Å². The fourth-order valence-corrected chi connectivity index (χ4v) is 27.6. The Balaban J connectivity index is 2.61. The zero-order valence-corrected chi connectivity index (χ0v) is 18.5. The van der Waals surface area contributed by atoms with Gasteiger partial charge in [-0.15, -0.1) is 0 Å². The number of hydrogen-bond acceptors (Lipinski definition) is 0. The SMILES string of the molecule is C[Si](C)(C)C[Si](C)(C[Si](C)(C)C)c1cccc2ccccc12. The molecule has 3 heteroatoms. The number of hydrogen-bond donors (Lipinski definition) is 0. The van der Waals surface area contributed by atoms with Crippen molar-refractivity contribution >= 4 is 40.2 Å². The van der Waals surface area contributed by atoms with Crippen LogP contribution in [0.2, 0.25) is 57.2 Å². The molecule has 0 unspecified atom stereocenters. The van der Waals surface area contributed by atoms with Gasteiger partial charge in [-0.25, -0.2) is 0 Å². The molecule has 2 aromatic carbocycles. The summed E-state index contributed by atoms with van der Waals surface area (Å²) in [7, 11) is -3.59. The van der Waals surface area contributed by atoms with Gasteiger partial charge >= 0.3 is 0 Å². The first-order valence-corrected chi connectivity index (χ1v) is 18.8. The smallest absolute Gasteiger partial charge is 0.0697 e. The Morgan fingerprint density at radius 3 is 1.68 bits per heavy atom. The lowest BCUT2D eigenvalue weighted by molar-refractivity contribution is 1.47. The van der Waals surface area contributed by atoms with Crippen LogP contribution in [-0.2, 0) is 0 Å². The molecular weight excluding hydrogens is 312 g/mol. The second-order valence-corrected chi connectivity index (χ2v) is 26.3. The maximum atomic E-state index is 2.67. The first kappa shape index (κ1) is 17.7. The van der Waals surface area contributed by atoms with E-state index >= 15 is 0 Å². The molecule has 0 heterocycles. The molecule has 0 aromatic heterocycles. The summed E-state index contributed by atoms with van der Waals surface area (Å²) in [5.74, 6) is 0. The third-order valence-electron chi connectivity index (χ3n) is 4.28. The van der Waals surface area contributed by atoms with Crippen molar-refractivity contribution in [1.29, 1.82) is 0 Å². The van der Waals surface area contributed by atoms with Gasteiger partial charge in [0.05, 0.1) is 8.07 Å². The highest BCUT2D eigenvalue weighted by atomic mass is 28.4. The molecule has 0 bridgehead atoms. The first-order valence-electron chi connectivity index (χ1n) is 8.49. The molecule has 2 rings (SSSR count). The second kappa shape index (κ2) is 6.10. The largest absolute Gasteiger partial charge is 0.0793 e. The van der Waals surface area contributed by atoms with Gasteiger partial charge in [-0.2, -0.15) is 0 Å². The molecule has 0 fully saturated rings. The maximum absolute atomic E-state index is 2.67. The molecule has 120 valence electrons. The average molecular weight is 345 g/mol. The van der Waals surface area contributed by atoms with Gasteiger partial charge in [0.1, 0.15) is 0 Å². The van der Waals surface area contributed by atoms with Crippen LogP contribution in [0, 0.1) is 0 Å². The predicted molar refractivity (Wildman–Crippen MR) is 112 cm³/mol. The van der Waals surface area contributed by atoms with Gasteiger partial charge in [0.25, 0.3) is 0 Å². The minimum Gasteiger partial charge on any atom is -0.0697 e. The van der Waals surface area contributed by atoms with Crippen molar-refractivity contribution in [2.75, 3.05) is 0 Å². The Morgan fingerprint density at radius 1 is 0.636 bits per heavy atom. The van der Waals surface area contributed by atoms with Gasteiger partial charge in [-0.3, -0.25) is 0 Å². The Hall–Kier alpha value is -0.649. The molecule has 0 radical (unpaired) electrons. The molecular formula is C19H32Si3. The summed E-state index contributed by atoms with van der Waals surface area (Å²) >= 11 is 0. The van der Waals surface area contributed by atoms with Crippen molar-refractivity contribution in [3.8, 4) is 0 Å². The highest BCUT2D eigenvalue weighted by Crippen LogP contribution is 2.30. The summed E-state index contributed by atoms with van der Waals surface area (Å²) in [5.41, 5.74) is 3.02. The fraction of sp³-hybridized carbons (Fsp3) is 0.474. The third-order valence-corrected chi connectivity index (χ3v) is 20.7. The summed E-state index contributed by atoms with van der Waals surface area (Å²) < 4.78 is 0. The van der Waals surface area contributed by atoms with Crippen LogP contribution in [0.4, 0.5) is 0 Å². The summed E-state index contributed by atoms with van der Waals surface area (Å²) in [6, 6.07) is 16.0. The van der Waals surface area contributed by atoms with E-state index < -0.39 is 24.2 Å². The Kier molecular flexibility index (Phi) is 4.91. The van der Waals surface area contributed by atoms with Crippen molar-refractivity contribution in [1.82, 2.24) is 0 Å². The van der Waals surface area contributed by atoms with Crippen LogP contribution in [-0.4, -0.2) is 24.2 Å². The average Bonchev–Trinajstić information content (AvgIpc) is 2.33. The van der Waals surface area contributed by atoms with Crippen molar-refractivity contribution in [2.45, 2.75) is 57.2 Å². The molecule has 0 aliphatic carbocycles. The third kappa shape index (κ3) is 4.43. The van der Waals surface area contributed by atoms with Crippen LogP contribution in [0.25, 0.3) is 10.8 Å². The molecule has 0 aliphatic rings. The van der Waals surface area contributed by atoms with E-state index in [-0.39, 0.29) is 0 Å². The predicted octanol–water partition coefficient (Wildman–Crippen LogP) is 5.88.